The minimum Gasteiger partial charge on any atom is -0.289 e. The van der Waals surface area contributed by atoms with Crippen molar-refractivity contribution in [2.45, 2.75) is 55.8 Å². The Bertz CT molecular complexity index is 719. The Morgan fingerprint density at radius 1 is 0.400 bits per heavy atom. The molecule has 0 aromatic carbocycles. The number of hydrogen-bond donors (Lipinski definition) is 0. The molecule has 0 aromatic rings. The predicted octanol–water partition coefficient (Wildman–Crippen LogP) is 5.18. The Morgan fingerprint density at radius 3 is 0.800 bits per heavy atom. The molecule has 0 saturated carbocycles. The molecule has 0 spiro atoms. The maximum atomic E-state index is 13.2. The number of carbonyl (C=O) groups excluding carboxylic acids is 2. The van der Waals surface area contributed by atoms with Gasteiger partial charge in [-0.2, -0.15) is 52.7 Å². The molecule has 0 bridgehead atoms. The van der Waals surface area contributed by atoms with Gasteiger partial charge in [0.2, 0.25) is 11.6 Å². The summed E-state index contributed by atoms with van der Waals surface area (Å²) in [5, 5.41) is 0. The van der Waals surface area contributed by atoms with Crippen molar-refractivity contribution in [1.29, 1.82) is 0 Å². The molecule has 0 radical (unpaired) electrons. The summed E-state index contributed by atoms with van der Waals surface area (Å²) in [7, 11) is 0. The Morgan fingerprint density at radius 2 is 0.600 bits per heavy atom. The van der Waals surface area contributed by atoms with E-state index >= 15 is 0 Å². The Hall–Kier alpha value is -2.08. The molecule has 208 valence electrons. The summed E-state index contributed by atoms with van der Waals surface area (Å²) >= 11 is 0. The molecule has 35 heavy (non-hydrogen) atoms. The van der Waals surface area contributed by atoms with E-state index in [2.05, 4.69) is 0 Å². The lowest BCUT2D eigenvalue weighted by Gasteiger charge is -2.29. The van der Waals surface area contributed by atoms with Crippen LogP contribution >= 0.6 is 0 Å². The molecule has 0 aromatic heterocycles. The summed E-state index contributed by atoms with van der Waals surface area (Å²) in [5.41, 5.74) is 0. The van der Waals surface area contributed by atoms with Gasteiger partial charge in [-0.3, -0.25) is 9.59 Å². The minimum absolute atomic E-state index is 1.47. The zero-order valence-corrected chi connectivity index (χ0v) is 15.0. The van der Waals surface area contributed by atoms with Crippen LogP contribution in [0.15, 0.2) is 0 Å². The van der Waals surface area contributed by atoms with Crippen molar-refractivity contribution in [2.75, 3.05) is 0 Å². The molecular formula is C11H2F18O6. The fourth-order valence-corrected chi connectivity index (χ4v) is 1.32. The van der Waals surface area contributed by atoms with Crippen LogP contribution in [0, 0.1) is 0 Å². The smallest absolute Gasteiger partial charge is 0.289 e. The van der Waals surface area contributed by atoms with Gasteiger partial charge >= 0.3 is 49.4 Å². The highest BCUT2D eigenvalue weighted by Crippen LogP contribution is 2.45. The van der Waals surface area contributed by atoms with Gasteiger partial charge in [-0.25, -0.2) is 18.9 Å². The van der Waals surface area contributed by atoms with Gasteiger partial charge in [0.15, 0.2) is 0 Å². The van der Waals surface area contributed by atoms with Gasteiger partial charge in [0.05, 0.1) is 6.42 Å². The lowest BCUT2D eigenvalue weighted by atomic mass is 10.2. The van der Waals surface area contributed by atoms with E-state index in [9.17, 15) is 88.6 Å². The molecule has 24 heteroatoms. The average molecular weight is 572 g/mol. The van der Waals surface area contributed by atoms with Crippen LogP contribution in [0.25, 0.3) is 0 Å². The Kier molecular flexibility index (Phi) is 8.86. The van der Waals surface area contributed by atoms with Crippen molar-refractivity contribution in [1.82, 2.24) is 0 Å². The molecule has 0 rings (SSSR count). The number of halogens is 18. The van der Waals surface area contributed by atoms with Gasteiger partial charge < -0.3 is 0 Å². The number of rotatable bonds is 12. The van der Waals surface area contributed by atoms with Crippen LogP contribution in [-0.4, -0.2) is 60.9 Å². The second kappa shape index (κ2) is 9.42. The standard InChI is InChI=1S/C11H2F18O6/c12-4(13,32-6(16,17)8(20,21)34-10(24,25)26)2(30)1-3(31)5(14,15)33-7(18,19)9(22,23)35-11(27,28)29/h1H2. The number of Topliss-reactive ketones (excluding diaryl/α,β-unsaturated/α-hetero) is 2. The van der Waals surface area contributed by atoms with Crippen molar-refractivity contribution in [3.8, 4) is 0 Å². The molecule has 0 aliphatic carbocycles. The normalized spacial score (nSPS) is 15.4. The summed E-state index contributed by atoms with van der Waals surface area (Å²) in [6, 6.07) is 0. The Balaban J connectivity index is 5.60. The fraction of sp³-hybridized carbons (Fsp3) is 0.818. The highest BCUT2D eigenvalue weighted by Gasteiger charge is 2.71. The van der Waals surface area contributed by atoms with Crippen LogP contribution in [0.2, 0.25) is 0 Å². The van der Waals surface area contributed by atoms with E-state index in [1.54, 1.807) is 9.47 Å². The summed E-state index contributed by atoms with van der Waals surface area (Å²) in [6.45, 7) is 0. The summed E-state index contributed by atoms with van der Waals surface area (Å²) < 4.78 is 231. The molecule has 0 fully saturated rings. The molecule has 0 aliphatic rings. The molecule has 0 saturated heterocycles. The molecule has 6 nitrogen and oxygen atoms in total. The van der Waals surface area contributed by atoms with E-state index in [-0.39, 0.29) is 0 Å². The zero-order chi connectivity index (χ0) is 28.7. The number of hydrogen-bond acceptors (Lipinski definition) is 6. The van der Waals surface area contributed by atoms with Crippen LogP contribution in [0.4, 0.5) is 79.0 Å². The first-order valence-corrected chi connectivity index (χ1v) is 7.15. The lowest BCUT2D eigenvalue weighted by molar-refractivity contribution is -0.524. The van der Waals surface area contributed by atoms with E-state index in [0.29, 0.717) is 0 Å². The number of ether oxygens (including phenoxy) is 4. The fourth-order valence-electron chi connectivity index (χ4n) is 1.32. The summed E-state index contributed by atoms with van der Waals surface area (Å²) in [5.74, 6) is -7.65. The molecule has 0 atom stereocenters. The van der Waals surface area contributed by atoms with Gasteiger partial charge in [0.1, 0.15) is 0 Å². The maximum absolute atomic E-state index is 13.2. The van der Waals surface area contributed by atoms with Gasteiger partial charge in [0.25, 0.3) is 0 Å². The lowest BCUT2D eigenvalue weighted by Crippen LogP contribution is -2.54. The van der Waals surface area contributed by atoms with Crippen LogP contribution in [0.1, 0.15) is 6.42 Å². The quantitative estimate of drug-likeness (QED) is 0.237. The Labute approximate surface area is 176 Å². The van der Waals surface area contributed by atoms with E-state index in [0.717, 1.165) is 0 Å². The van der Waals surface area contributed by atoms with Crippen molar-refractivity contribution in [2.24, 2.45) is 0 Å². The third-order valence-electron chi connectivity index (χ3n) is 2.65. The number of alkyl halides is 18. The third-order valence-corrected chi connectivity index (χ3v) is 2.65. The van der Waals surface area contributed by atoms with Crippen LogP contribution in [0.5, 0.6) is 0 Å². The van der Waals surface area contributed by atoms with Crippen LogP contribution < -0.4 is 0 Å². The highest BCUT2D eigenvalue weighted by atomic mass is 19.4. The van der Waals surface area contributed by atoms with Gasteiger partial charge in [-0.05, 0) is 0 Å². The molecule has 0 aliphatic heterocycles. The average Bonchev–Trinajstić information content (AvgIpc) is 2.47. The molecule has 0 N–H and O–H groups in total. The second-order valence-electron chi connectivity index (χ2n) is 5.42. The number of carbonyl (C=O) groups is 2. The predicted molar refractivity (Wildman–Crippen MR) is 60.8 cm³/mol. The minimum atomic E-state index is -7.12. The first-order chi connectivity index (χ1) is 14.9. The van der Waals surface area contributed by atoms with Gasteiger partial charge in [-0.1, -0.05) is 0 Å². The molecular weight excluding hydrogens is 570 g/mol. The highest BCUT2D eigenvalue weighted by molar-refractivity contribution is 6.03. The first-order valence-electron chi connectivity index (χ1n) is 7.15. The molecule has 0 unspecified atom stereocenters. The SMILES string of the molecule is O=C(CC(=O)C(F)(F)OC(F)(F)C(F)(F)OC(F)(F)F)C(F)(F)OC(F)(F)C(F)(F)OC(F)(F)F. The number of ketones is 2. The maximum Gasteiger partial charge on any atom is 0.527 e. The van der Waals surface area contributed by atoms with Crippen molar-refractivity contribution < 1.29 is 108 Å². The zero-order valence-electron chi connectivity index (χ0n) is 15.0. The van der Waals surface area contributed by atoms with E-state index in [1.165, 1.54) is 9.47 Å². The van der Waals surface area contributed by atoms with Crippen molar-refractivity contribution >= 4 is 11.6 Å². The van der Waals surface area contributed by atoms with Crippen molar-refractivity contribution in [3.05, 3.63) is 0 Å². The van der Waals surface area contributed by atoms with Crippen LogP contribution in [-0.2, 0) is 28.5 Å². The molecule has 0 heterocycles. The second-order valence-corrected chi connectivity index (χ2v) is 5.42. The molecule has 0 amide bonds. The van der Waals surface area contributed by atoms with Gasteiger partial charge in [0, 0.05) is 0 Å². The van der Waals surface area contributed by atoms with Crippen molar-refractivity contribution in [3.63, 3.8) is 0 Å². The van der Waals surface area contributed by atoms with E-state index < -0.39 is 67.4 Å². The summed E-state index contributed by atoms with van der Waals surface area (Å²) in [4.78, 5) is 21.9. The topological polar surface area (TPSA) is 71.1 Å². The van der Waals surface area contributed by atoms with Crippen LogP contribution in [0.3, 0.4) is 0 Å². The largest absolute Gasteiger partial charge is 0.527 e. The summed E-state index contributed by atoms with van der Waals surface area (Å²) in [6.07, 6.45) is -58.3. The van der Waals surface area contributed by atoms with E-state index in [4.69, 9.17) is 0 Å². The monoisotopic (exact) mass is 572 g/mol. The van der Waals surface area contributed by atoms with E-state index in [1.807, 2.05) is 0 Å². The van der Waals surface area contributed by atoms with Gasteiger partial charge in [-0.15, -0.1) is 26.3 Å². The third kappa shape index (κ3) is 9.14. The first kappa shape index (κ1) is 32.9.